The lowest BCUT2D eigenvalue weighted by Gasteiger charge is -2.19. The molecule has 1 saturated carbocycles. The lowest BCUT2D eigenvalue weighted by Crippen LogP contribution is -2.30. The molecule has 0 aliphatic heterocycles. The molecular weight excluding hydrogens is 454 g/mol. The normalized spacial score (nSPS) is 13.9. The van der Waals surface area contributed by atoms with Gasteiger partial charge in [0.05, 0.1) is 22.2 Å². The molecule has 1 aliphatic rings. The highest BCUT2D eigenvalue weighted by Crippen LogP contribution is 2.31. The Labute approximate surface area is 185 Å². The third-order valence-electron chi connectivity index (χ3n) is 4.51. The van der Waals surface area contributed by atoms with Crippen LogP contribution in [-0.2, 0) is 10.0 Å². The number of rotatable bonds is 9. The number of sulfonamides is 1. The molecule has 0 spiro atoms. The van der Waals surface area contributed by atoms with Crippen molar-refractivity contribution in [2.75, 3.05) is 20.2 Å². The van der Waals surface area contributed by atoms with Gasteiger partial charge in [0, 0.05) is 19.6 Å². The number of halogens is 3. The summed E-state index contributed by atoms with van der Waals surface area (Å²) in [6.07, 6.45) is 2.07. The molecule has 2 aromatic carbocycles. The van der Waals surface area contributed by atoms with Crippen LogP contribution in [0, 0.1) is 5.82 Å². The molecule has 2 aromatic rings. The van der Waals surface area contributed by atoms with Crippen molar-refractivity contribution in [3.63, 3.8) is 0 Å². The summed E-state index contributed by atoms with van der Waals surface area (Å²) in [5.41, 5.74) is 0.0548. The highest BCUT2D eigenvalue weighted by Gasteiger charge is 2.30. The maximum atomic E-state index is 12.9. The second-order valence-corrected chi connectivity index (χ2v) is 9.54. The molecule has 1 N–H and O–H groups in total. The summed E-state index contributed by atoms with van der Waals surface area (Å²) in [5, 5.41) is 0.0323. The Balaban J connectivity index is 1.63. The van der Waals surface area contributed by atoms with Crippen molar-refractivity contribution in [3.8, 4) is 5.75 Å². The third-order valence-corrected chi connectivity index (χ3v) is 6.81. The molecular formula is C20H21Cl2FN2O4S. The summed E-state index contributed by atoms with van der Waals surface area (Å²) in [6, 6.07) is 8.04. The highest BCUT2D eigenvalue weighted by atomic mass is 35.5. The molecule has 0 bridgehead atoms. The molecule has 1 aliphatic carbocycles. The van der Waals surface area contributed by atoms with Gasteiger partial charge in [0.25, 0.3) is 5.91 Å². The van der Waals surface area contributed by atoms with Crippen LogP contribution >= 0.6 is 23.2 Å². The van der Waals surface area contributed by atoms with Crippen LogP contribution in [-0.4, -0.2) is 45.5 Å². The van der Waals surface area contributed by atoms with Gasteiger partial charge in [-0.15, -0.1) is 0 Å². The van der Waals surface area contributed by atoms with E-state index in [1.54, 1.807) is 7.05 Å². The van der Waals surface area contributed by atoms with Gasteiger partial charge in [-0.05, 0) is 55.7 Å². The Morgan fingerprint density at radius 1 is 1.20 bits per heavy atom. The number of carbonyl (C=O) groups excluding carboxylic acids is 1. The topological polar surface area (TPSA) is 75.7 Å². The number of hydrogen-bond acceptors (Lipinski definition) is 4. The number of ether oxygens (including phenoxy) is 1. The maximum Gasteiger partial charge on any atom is 0.255 e. The number of carbonyl (C=O) groups is 1. The minimum atomic E-state index is -3.84. The van der Waals surface area contributed by atoms with E-state index in [0.29, 0.717) is 25.3 Å². The maximum absolute atomic E-state index is 12.9. The first-order valence-corrected chi connectivity index (χ1v) is 11.6. The van der Waals surface area contributed by atoms with E-state index < -0.39 is 15.9 Å². The molecule has 0 unspecified atom stereocenters. The van der Waals surface area contributed by atoms with Gasteiger partial charge >= 0.3 is 0 Å². The Hall–Kier alpha value is -1.87. The first-order chi connectivity index (χ1) is 14.2. The molecule has 162 valence electrons. The van der Waals surface area contributed by atoms with Gasteiger partial charge in [0.2, 0.25) is 10.0 Å². The summed E-state index contributed by atoms with van der Waals surface area (Å²) in [7, 11) is -2.25. The van der Waals surface area contributed by atoms with Crippen LogP contribution in [0.3, 0.4) is 0 Å². The smallest absolute Gasteiger partial charge is 0.255 e. The molecule has 0 saturated heterocycles. The summed E-state index contributed by atoms with van der Waals surface area (Å²) < 4.78 is 46.0. The Kier molecular flexibility index (Phi) is 7.23. The SMILES string of the molecule is CN(CCCOc1ccc(F)cc1)C(=O)c1cc(S(=O)(=O)NC2CC2)c(Cl)cc1Cl. The molecule has 0 atom stereocenters. The minimum Gasteiger partial charge on any atom is -0.494 e. The second kappa shape index (κ2) is 9.51. The van der Waals surface area contributed by atoms with Crippen molar-refractivity contribution in [1.82, 2.24) is 9.62 Å². The quantitative estimate of drug-likeness (QED) is 0.554. The van der Waals surface area contributed by atoms with E-state index in [9.17, 15) is 17.6 Å². The number of benzene rings is 2. The fourth-order valence-corrected chi connectivity index (χ4v) is 4.87. The van der Waals surface area contributed by atoms with Crippen molar-refractivity contribution in [3.05, 3.63) is 57.8 Å². The molecule has 0 aromatic heterocycles. The molecule has 1 amide bonds. The average molecular weight is 475 g/mol. The molecule has 0 heterocycles. The van der Waals surface area contributed by atoms with Gasteiger partial charge in [0.15, 0.2) is 0 Å². The van der Waals surface area contributed by atoms with E-state index >= 15 is 0 Å². The first kappa shape index (κ1) is 22.8. The van der Waals surface area contributed by atoms with Crippen LogP contribution in [0.25, 0.3) is 0 Å². The van der Waals surface area contributed by atoms with Crippen molar-refractivity contribution in [2.24, 2.45) is 0 Å². The summed E-state index contributed by atoms with van der Waals surface area (Å²) in [5.74, 6) is -0.244. The molecule has 30 heavy (non-hydrogen) atoms. The van der Waals surface area contributed by atoms with Crippen LogP contribution in [0.5, 0.6) is 5.75 Å². The van der Waals surface area contributed by atoms with Gasteiger partial charge in [-0.25, -0.2) is 17.5 Å². The summed E-state index contributed by atoms with van der Waals surface area (Å²) >= 11 is 12.2. The van der Waals surface area contributed by atoms with E-state index in [1.165, 1.54) is 41.3 Å². The molecule has 1 fully saturated rings. The van der Waals surface area contributed by atoms with Crippen molar-refractivity contribution in [2.45, 2.75) is 30.2 Å². The number of amides is 1. The average Bonchev–Trinajstić information content (AvgIpc) is 3.49. The van der Waals surface area contributed by atoms with Crippen LogP contribution in [0.2, 0.25) is 10.0 Å². The van der Waals surface area contributed by atoms with Gasteiger partial charge in [0.1, 0.15) is 16.5 Å². The number of nitrogens with one attached hydrogen (secondary N) is 1. The predicted molar refractivity (Wildman–Crippen MR) is 113 cm³/mol. The highest BCUT2D eigenvalue weighted by molar-refractivity contribution is 7.89. The van der Waals surface area contributed by atoms with E-state index in [1.807, 2.05) is 0 Å². The lowest BCUT2D eigenvalue weighted by molar-refractivity contribution is 0.0788. The molecule has 6 nitrogen and oxygen atoms in total. The van der Waals surface area contributed by atoms with Crippen LogP contribution in [0.4, 0.5) is 4.39 Å². The third kappa shape index (κ3) is 5.85. The zero-order valence-corrected chi connectivity index (χ0v) is 18.5. The molecule has 0 radical (unpaired) electrons. The van der Waals surface area contributed by atoms with Crippen molar-refractivity contribution < 1.29 is 22.3 Å². The Morgan fingerprint density at radius 3 is 2.50 bits per heavy atom. The minimum absolute atomic E-state index is 0.0416. The molecule has 10 heteroatoms. The number of nitrogens with zero attached hydrogens (tertiary/aromatic N) is 1. The Bertz CT molecular complexity index is 1030. The lowest BCUT2D eigenvalue weighted by atomic mass is 10.2. The fourth-order valence-electron chi connectivity index (χ4n) is 2.71. The first-order valence-electron chi connectivity index (χ1n) is 9.32. The van der Waals surface area contributed by atoms with Crippen LogP contribution in [0.15, 0.2) is 41.3 Å². The zero-order chi connectivity index (χ0) is 21.9. The second-order valence-electron chi connectivity index (χ2n) is 7.04. The standard InChI is InChI=1S/C20H21Cl2FN2O4S/c1-25(9-2-10-29-15-7-3-13(23)4-8-15)20(26)16-11-19(18(22)12-17(16)21)30(27,28)24-14-5-6-14/h3-4,7-8,11-12,14,24H,2,5-6,9-10H2,1H3. The van der Waals surface area contributed by atoms with E-state index in [0.717, 1.165) is 12.8 Å². The van der Waals surface area contributed by atoms with Crippen molar-refractivity contribution in [1.29, 1.82) is 0 Å². The van der Waals surface area contributed by atoms with Crippen molar-refractivity contribution >= 4 is 39.1 Å². The largest absolute Gasteiger partial charge is 0.494 e. The fraction of sp³-hybridized carbons (Fsp3) is 0.350. The predicted octanol–water partition coefficient (Wildman–Crippen LogP) is 4.11. The van der Waals surface area contributed by atoms with E-state index in [-0.39, 0.29) is 32.4 Å². The van der Waals surface area contributed by atoms with Crippen LogP contribution < -0.4 is 9.46 Å². The van der Waals surface area contributed by atoms with Gasteiger partial charge in [-0.1, -0.05) is 23.2 Å². The molecule has 3 rings (SSSR count). The van der Waals surface area contributed by atoms with Gasteiger partial charge < -0.3 is 9.64 Å². The van der Waals surface area contributed by atoms with Crippen LogP contribution in [0.1, 0.15) is 29.6 Å². The van der Waals surface area contributed by atoms with Gasteiger partial charge in [-0.2, -0.15) is 0 Å². The monoisotopic (exact) mass is 474 g/mol. The van der Waals surface area contributed by atoms with E-state index in [4.69, 9.17) is 27.9 Å². The summed E-state index contributed by atoms with van der Waals surface area (Å²) in [4.78, 5) is 14.0. The summed E-state index contributed by atoms with van der Waals surface area (Å²) in [6.45, 7) is 0.671. The number of hydrogen-bond donors (Lipinski definition) is 1. The zero-order valence-electron chi connectivity index (χ0n) is 16.2. The Morgan fingerprint density at radius 2 is 1.87 bits per heavy atom. The van der Waals surface area contributed by atoms with Gasteiger partial charge in [-0.3, -0.25) is 4.79 Å². The van der Waals surface area contributed by atoms with E-state index in [2.05, 4.69) is 4.72 Å².